The molecule has 1 aliphatic heterocycles. The molecule has 1 saturated heterocycles. The van der Waals surface area contributed by atoms with Gasteiger partial charge >= 0.3 is 0 Å². The Morgan fingerprint density at radius 1 is 0.844 bits per heavy atom. The molecule has 5 rings (SSSR count). The van der Waals surface area contributed by atoms with E-state index in [2.05, 4.69) is 21.4 Å². The average molecular weight is 427 g/mol. The Morgan fingerprint density at radius 3 is 2.09 bits per heavy atom. The summed E-state index contributed by atoms with van der Waals surface area (Å²) in [7, 11) is 0. The molecule has 1 N–H and O–H groups in total. The van der Waals surface area contributed by atoms with Gasteiger partial charge in [0.05, 0.1) is 18.7 Å². The second-order valence-electron chi connectivity index (χ2n) is 7.96. The minimum absolute atomic E-state index is 0.525. The third kappa shape index (κ3) is 3.79. The Bertz CT molecular complexity index is 1140. The van der Waals surface area contributed by atoms with Crippen molar-refractivity contribution in [1.29, 1.82) is 0 Å². The van der Waals surface area contributed by atoms with E-state index in [1.54, 1.807) is 0 Å². The number of benzene rings is 3. The van der Waals surface area contributed by atoms with Crippen molar-refractivity contribution < 1.29 is 9.84 Å². The number of morpholine rings is 1. The predicted molar refractivity (Wildman–Crippen MR) is 124 cm³/mol. The first-order valence-corrected chi connectivity index (χ1v) is 10.9. The standard InChI is InChI=1S/C26H26N4O2/c31-26(21-9-3-1-4-10-21,22-11-5-2-6-12-22)25(15-16-29-17-19-32-20-18-29)30-24-14-8-7-13-23(24)27-28-30/h1-16,25,31H,17-20H2/b16-15+. The Kier molecular flexibility index (Phi) is 5.71. The molecule has 0 aliphatic carbocycles. The summed E-state index contributed by atoms with van der Waals surface area (Å²) in [5.74, 6) is 0. The maximum absolute atomic E-state index is 12.5. The van der Waals surface area contributed by atoms with Gasteiger partial charge in [0.1, 0.15) is 17.2 Å². The van der Waals surface area contributed by atoms with Gasteiger partial charge in [0, 0.05) is 13.1 Å². The normalized spacial score (nSPS) is 16.0. The van der Waals surface area contributed by atoms with Crippen LogP contribution in [0.5, 0.6) is 0 Å². The minimum atomic E-state index is -1.36. The van der Waals surface area contributed by atoms with E-state index in [0.29, 0.717) is 13.2 Å². The molecule has 6 heteroatoms. The number of para-hydroxylation sites is 1. The molecule has 6 nitrogen and oxygen atoms in total. The summed E-state index contributed by atoms with van der Waals surface area (Å²) >= 11 is 0. The van der Waals surface area contributed by atoms with Gasteiger partial charge in [-0.3, -0.25) is 0 Å². The predicted octanol–water partition coefficient (Wildman–Crippen LogP) is 3.75. The molecule has 1 aliphatic rings. The maximum Gasteiger partial charge on any atom is 0.141 e. The lowest BCUT2D eigenvalue weighted by atomic mass is 9.80. The van der Waals surface area contributed by atoms with Crippen molar-refractivity contribution in [1.82, 2.24) is 19.9 Å². The third-order valence-corrected chi connectivity index (χ3v) is 6.02. The summed E-state index contributed by atoms with van der Waals surface area (Å²) in [4.78, 5) is 2.21. The molecule has 162 valence electrons. The van der Waals surface area contributed by atoms with Crippen LogP contribution in [0.3, 0.4) is 0 Å². The Hall–Kier alpha value is -3.48. The van der Waals surface area contributed by atoms with Crippen LogP contribution < -0.4 is 0 Å². The van der Waals surface area contributed by atoms with Crippen molar-refractivity contribution in [3.63, 3.8) is 0 Å². The fourth-order valence-corrected chi connectivity index (χ4v) is 4.31. The highest BCUT2D eigenvalue weighted by Gasteiger charge is 2.41. The van der Waals surface area contributed by atoms with E-state index in [-0.39, 0.29) is 0 Å². The molecule has 1 unspecified atom stereocenters. The van der Waals surface area contributed by atoms with E-state index in [0.717, 1.165) is 35.2 Å². The van der Waals surface area contributed by atoms with Crippen molar-refractivity contribution in [2.24, 2.45) is 0 Å². The van der Waals surface area contributed by atoms with E-state index < -0.39 is 11.6 Å². The van der Waals surface area contributed by atoms with Gasteiger partial charge in [0.15, 0.2) is 0 Å². The average Bonchev–Trinajstić information content (AvgIpc) is 3.29. The summed E-state index contributed by atoms with van der Waals surface area (Å²) in [6.45, 7) is 3.03. The number of rotatable bonds is 6. The van der Waals surface area contributed by atoms with Crippen molar-refractivity contribution in [2.45, 2.75) is 11.6 Å². The van der Waals surface area contributed by atoms with Gasteiger partial charge in [0.2, 0.25) is 0 Å². The van der Waals surface area contributed by atoms with Crippen molar-refractivity contribution in [3.05, 3.63) is 108 Å². The molecule has 0 spiro atoms. The van der Waals surface area contributed by atoms with E-state index in [9.17, 15) is 5.11 Å². The highest BCUT2D eigenvalue weighted by Crippen LogP contribution is 2.41. The summed E-state index contributed by atoms with van der Waals surface area (Å²) in [6.07, 6.45) is 4.09. The van der Waals surface area contributed by atoms with Gasteiger partial charge < -0.3 is 14.7 Å². The van der Waals surface area contributed by atoms with Gasteiger partial charge in [-0.25, -0.2) is 4.68 Å². The SMILES string of the molecule is OC(c1ccccc1)(c1ccccc1)C(/C=C/N1CCOCC1)n1nnc2ccccc21. The molecule has 1 atom stereocenters. The van der Waals surface area contributed by atoms with E-state index >= 15 is 0 Å². The van der Waals surface area contributed by atoms with Crippen LogP contribution in [-0.2, 0) is 10.3 Å². The number of hydrogen-bond donors (Lipinski definition) is 1. The lowest BCUT2D eigenvalue weighted by molar-refractivity contribution is 0.0353. The summed E-state index contributed by atoms with van der Waals surface area (Å²) < 4.78 is 7.32. The van der Waals surface area contributed by atoms with Gasteiger partial charge in [-0.15, -0.1) is 5.10 Å². The lowest BCUT2D eigenvalue weighted by Crippen LogP contribution is -2.38. The Morgan fingerprint density at radius 2 is 1.44 bits per heavy atom. The van der Waals surface area contributed by atoms with Crippen LogP contribution in [0.2, 0.25) is 0 Å². The van der Waals surface area contributed by atoms with Crippen LogP contribution in [0.1, 0.15) is 17.2 Å². The topological polar surface area (TPSA) is 63.4 Å². The third-order valence-electron chi connectivity index (χ3n) is 6.02. The van der Waals surface area contributed by atoms with Gasteiger partial charge in [-0.05, 0) is 35.5 Å². The fraction of sp³-hybridized carbons (Fsp3) is 0.231. The van der Waals surface area contributed by atoms with Crippen LogP contribution in [0.25, 0.3) is 11.0 Å². The molecule has 2 heterocycles. The first-order valence-electron chi connectivity index (χ1n) is 10.9. The molecule has 1 aromatic heterocycles. The first kappa shape index (κ1) is 20.4. The van der Waals surface area contributed by atoms with Gasteiger partial charge in [-0.1, -0.05) is 78.0 Å². The molecule has 4 aromatic rings. The fourth-order valence-electron chi connectivity index (χ4n) is 4.31. The number of nitrogens with zero attached hydrogens (tertiary/aromatic N) is 4. The van der Waals surface area contributed by atoms with E-state index in [1.807, 2.05) is 95.7 Å². The molecule has 32 heavy (non-hydrogen) atoms. The number of aliphatic hydroxyl groups is 1. The highest BCUT2D eigenvalue weighted by atomic mass is 16.5. The molecule has 1 fully saturated rings. The highest BCUT2D eigenvalue weighted by molar-refractivity contribution is 5.74. The number of ether oxygens (including phenoxy) is 1. The molecule has 3 aromatic carbocycles. The summed E-state index contributed by atoms with van der Waals surface area (Å²) in [5.41, 5.74) is 1.89. The molecular weight excluding hydrogens is 400 g/mol. The van der Waals surface area contributed by atoms with Crippen LogP contribution in [0.15, 0.2) is 97.2 Å². The van der Waals surface area contributed by atoms with Crippen LogP contribution >= 0.6 is 0 Å². The maximum atomic E-state index is 12.5. The van der Waals surface area contributed by atoms with Crippen LogP contribution in [-0.4, -0.2) is 51.3 Å². The van der Waals surface area contributed by atoms with Crippen molar-refractivity contribution in [3.8, 4) is 0 Å². The lowest BCUT2D eigenvalue weighted by Gasteiger charge is -2.36. The number of aromatic nitrogens is 3. The second-order valence-corrected chi connectivity index (χ2v) is 7.96. The molecular formula is C26H26N4O2. The largest absolute Gasteiger partial charge is 0.378 e. The molecule has 0 radical (unpaired) electrons. The summed E-state index contributed by atoms with van der Waals surface area (Å²) in [5, 5.41) is 21.3. The zero-order chi connectivity index (χ0) is 21.8. The number of fused-ring (bicyclic) bond motifs is 1. The second kappa shape index (κ2) is 8.94. The van der Waals surface area contributed by atoms with Crippen LogP contribution in [0, 0.1) is 0 Å². The molecule has 0 bridgehead atoms. The molecule has 0 amide bonds. The van der Waals surface area contributed by atoms with E-state index in [1.165, 1.54) is 0 Å². The molecule has 0 saturated carbocycles. The minimum Gasteiger partial charge on any atom is -0.378 e. The van der Waals surface area contributed by atoms with E-state index in [4.69, 9.17) is 4.74 Å². The monoisotopic (exact) mass is 426 g/mol. The zero-order valence-corrected chi connectivity index (χ0v) is 17.8. The Labute approximate surface area is 187 Å². The quantitative estimate of drug-likeness (QED) is 0.509. The Balaban J connectivity index is 1.70. The van der Waals surface area contributed by atoms with Gasteiger partial charge in [-0.2, -0.15) is 0 Å². The van der Waals surface area contributed by atoms with Gasteiger partial charge in [0.25, 0.3) is 0 Å². The smallest absolute Gasteiger partial charge is 0.141 e. The summed E-state index contributed by atoms with van der Waals surface area (Å²) in [6, 6.07) is 26.9. The zero-order valence-electron chi connectivity index (χ0n) is 17.8. The number of hydrogen-bond acceptors (Lipinski definition) is 5. The van der Waals surface area contributed by atoms with Crippen molar-refractivity contribution >= 4 is 11.0 Å². The first-order chi connectivity index (χ1) is 15.8. The van der Waals surface area contributed by atoms with Crippen molar-refractivity contribution in [2.75, 3.05) is 26.3 Å². The van der Waals surface area contributed by atoms with Crippen LogP contribution in [0.4, 0.5) is 0 Å².